The summed E-state index contributed by atoms with van der Waals surface area (Å²) in [5.41, 5.74) is 5.55. The van der Waals surface area contributed by atoms with Crippen LogP contribution in [0.4, 0.5) is 8.78 Å². The molecule has 0 aliphatic carbocycles. The third-order valence-electron chi connectivity index (χ3n) is 1.54. The van der Waals surface area contributed by atoms with Gasteiger partial charge in [0.25, 0.3) is 0 Å². The Labute approximate surface area is 77.7 Å². The third-order valence-corrected chi connectivity index (χ3v) is 2.23. The van der Waals surface area contributed by atoms with Crippen molar-refractivity contribution in [3.8, 4) is 0 Å². The standard InChI is InChI=1S/C8H8BrF2N/c9-5-2-1-3-6(11)8(5)7(12)4-10/h1-3,7H,4,12H2/t7-/m1/s1. The van der Waals surface area contributed by atoms with Crippen LogP contribution >= 0.6 is 15.9 Å². The van der Waals surface area contributed by atoms with Crippen molar-refractivity contribution in [3.05, 3.63) is 34.1 Å². The Morgan fingerprint density at radius 3 is 2.67 bits per heavy atom. The monoisotopic (exact) mass is 235 g/mol. The number of nitrogens with two attached hydrogens (primary N) is 1. The Morgan fingerprint density at radius 2 is 2.17 bits per heavy atom. The first-order valence-electron chi connectivity index (χ1n) is 3.42. The average Bonchev–Trinajstić information content (AvgIpc) is 2.03. The van der Waals surface area contributed by atoms with E-state index in [0.717, 1.165) is 0 Å². The molecule has 0 saturated carbocycles. The molecule has 0 aliphatic rings. The molecule has 2 N–H and O–H groups in total. The Balaban J connectivity index is 3.12. The fourth-order valence-electron chi connectivity index (χ4n) is 0.942. The maximum atomic E-state index is 13.0. The molecule has 1 rings (SSSR count). The fourth-order valence-corrected chi connectivity index (χ4v) is 1.58. The Hall–Kier alpha value is -0.480. The van der Waals surface area contributed by atoms with Crippen molar-refractivity contribution in [3.63, 3.8) is 0 Å². The Kier molecular flexibility index (Phi) is 3.17. The van der Waals surface area contributed by atoms with E-state index in [9.17, 15) is 8.78 Å². The van der Waals surface area contributed by atoms with E-state index in [4.69, 9.17) is 5.73 Å². The molecular formula is C8H8BrF2N. The maximum Gasteiger partial charge on any atom is 0.129 e. The van der Waals surface area contributed by atoms with E-state index in [1.807, 2.05) is 0 Å². The summed E-state index contributed by atoms with van der Waals surface area (Å²) in [6.45, 7) is -0.764. The van der Waals surface area contributed by atoms with Crippen molar-refractivity contribution >= 4 is 15.9 Å². The summed E-state index contributed by atoms with van der Waals surface area (Å²) in [5, 5.41) is 0. The zero-order valence-electron chi connectivity index (χ0n) is 6.23. The number of hydrogen-bond donors (Lipinski definition) is 1. The van der Waals surface area contributed by atoms with Crippen molar-refractivity contribution < 1.29 is 8.78 Å². The second-order valence-corrected chi connectivity index (χ2v) is 3.25. The van der Waals surface area contributed by atoms with Crippen molar-refractivity contribution in [2.75, 3.05) is 6.67 Å². The summed E-state index contributed by atoms with van der Waals surface area (Å²) in [6, 6.07) is 3.54. The van der Waals surface area contributed by atoms with Crippen LogP contribution in [0, 0.1) is 5.82 Å². The zero-order valence-corrected chi connectivity index (χ0v) is 7.81. The Morgan fingerprint density at radius 1 is 1.50 bits per heavy atom. The van der Waals surface area contributed by atoms with E-state index in [0.29, 0.717) is 4.47 Å². The molecule has 0 fully saturated rings. The molecule has 12 heavy (non-hydrogen) atoms. The number of rotatable bonds is 2. The first kappa shape index (κ1) is 9.61. The maximum absolute atomic E-state index is 13.0. The molecule has 1 nitrogen and oxygen atoms in total. The molecular weight excluding hydrogens is 228 g/mol. The van der Waals surface area contributed by atoms with E-state index >= 15 is 0 Å². The number of alkyl halides is 1. The highest BCUT2D eigenvalue weighted by molar-refractivity contribution is 9.10. The molecule has 66 valence electrons. The van der Waals surface area contributed by atoms with Gasteiger partial charge in [0.1, 0.15) is 12.5 Å². The van der Waals surface area contributed by atoms with Gasteiger partial charge in [0.2, 0.25) is 0 Å². The number of halogens is 3. The van der Waals surface area contributed by atoms with Crippen LogP contribution in [0.2, 0.25) is 0 Å². The molecule has 0 unspecified atom stereocenters. The third kappa shape index (κ3) is 1.81. The summed E-state index contributed by atoms with van der Waals surface area (Å²) < 4.78 is 25.6. The van der Waals surface area contributed by atoms with Gasteiger partial charge < -0.3 is 5.73 Å². The van der Waals surface area contributed by atoms with Crippen LogP contribution in [-0.4, -0.2) is 6.67 Å². The largest absolute Gasteiger partial charge is 0.322 e. The van der Waals surface area contributed by atoms with Gasteiger partial charge in [0.05, 0.1) is 6.04 Å². The molecule has 0 amide bonds. The topological polar surface area (TPSA) is 26.0 Å². The Bertz CT molecular complexity index is 258. The molecule has 1 atom stereocenters. The lowest BCUT2D eigenvalue weighted by Crippen LogP contribution is -2.14. The molecule has 1 aromatic rings. The van der Waals surface area contributed by atoms with Gasteiger partial charge in [-0.25, -0.2) is 8.78 Å². The predicted molar refractivity (Wildman–Crippen MR) is 47.0 cm³/mol. The number of hydrogen-bond acceptors (Lipinski definition) is 1. The number of benzene rings is 1. The molecule has 4 heteroatoms. The summed E-state index contributed by atoms with van der Waals surface area (Å²) in [5.74, 6) is -0.477. The molecule has 0 aliphatic heterocycles. The second kappa shape index (κ2) is 3.96. The van der Waals surface area contributed by atoms with Crippen LogP contribution < -0.4 is 5.73 Å². The van der Waals surface area contributed by atoms with Crippen molar-refractivity contribution in [1.29, 1.82) is 0 Å². The molecule has 0 bridgehead atoms. The van der Waals surface area contributed by atoms with Gasteiger partial charge in [0, 0.05) is 10.0 Å². The highest BCUT2D eigenvalue weighted by Gasteiger charge is 2.13. The van der Waals surface area contributed by atoms with Gasteiger partial charge in [0.15, 0.2) is 0 Å². The van der Waals surface area contributed by atoms with Crippen LogP contribution in [0.25, 0.3) is 0 Å². The molecule has 0 spiro atoms. The van der Waals surface area contributed by atoms with Crippen molar-refractivity contribution in [1.82, 2.24) is 0 Å². The van der Waals surface area contributed by atoms with Gasteiger partial charge in [-0.15, -0.1) is 0 Å². The average molecular weight is 236 g/mol. The van der Waals surface area contributed by atoms with Crippen LogP contribution in [0.5, 0.6) is 0 Å². The summed E-state index contributed by atoms with van der Waals surface area (Å²) in [7, 11) is 0. The highest BCUT2D eigenvalue weighted by atomic mass is 79.9. The smallest absolute Gasteiger partial charge is 0.129 e. The summed E-state index contributed by atoms with van der Waals surface area (Å²) in [4.78, 5) is 0. The SMILES string of the molecule is N[C@H](CF)c1c(F)cccc1Br. The first-order chi connectivity index (χ1) is 5.66. The lowest BCUT2D eigenvalue weighted by molar-refractivity contribution is 0.426. The van der Waals surface area contributed by atoms with Gasteiger partial charge in [-0.1, -0.05) is 22.0 Å². The highest BCUT2D eigenvalue weighted by Crippen LogP contribution is 2.24. The molecule has 0 aromatic heterocycles. The lowest BCUT2D eigenvalue weighted by atomic mass is 10.1. The van der Waals surface area contributed by atoms with Gasteiger partial charge >= 0.3 is 0 Å². The van der Waals surface area contributed by atoms with Gasteiger partial charge in [-0.2, -0.15) is 0 Å². The van der Waals surface area contributed by atoms with Crippen LogP contribution in [-0.2, 0) is 0 Å². The van der Waals surface area contributed by atoms with E-state index in [-0.39, 0.29) is 5.56 Å². The van der Waals surface area contributed by atoms with Crippen molar-refractivity contribution in [2.45, 2.75) is 6.04 Å². The van der Waals surface area contributed by atoms with E-state index in [1.165, 1.54) is 12.1 Å². The minimum absolute atomic E-state index is 0.194. The molecule has 0 radical (unpaired) electrons. The first-order valence-corrected chi connectivity index (χ1v) is 4.21. The van der Waals surface area contributed by atoms with Crippen LogP contribution in [0.3, 0.4) is 0 Å². The minimum atomic E-state index is -0.888. The van der Waals surface area contributed by atoms with Crippen molar-refractivity contribution in [2.24, 2.45) is 5.73 Å². The summed E-state index contributed by atoms with van der Waals surface area (Å²) in [6.07, 6.45) is 0. The molecule has 1 aromatic carbocycles. The quantitative estimate of drug-likeness (QED) is 0.838. The van der Waals surface area contributed by atoms with Gasteiger partial charge in [-0.05, 0) is 12.1 Å². The predicted octanol–water partition coefficient (Wildman–Crippen LogP) is 2.56. The van der Waals surface area contributed by atoms with Crippen LogP contribution in [0.15, 0.2) is 22.7 Å². The van der Waals surface area contributed by atoms with E-state index < -0.39 is 18.5 Å². The molecule has 0 saturated heterocycles. The lowest BCUT2D eigenvalue weighted by Gasteiger charge is -2.10. The van der Waals surface area contributed by atoms with E-state index in [2.05, 4.69) is 15.9 Å². The van der Waals surface area contributed by atoms with Crippen LogP contribution in [0.1, 0.15) is 11.6 Å². The van der Waals surface area contributed by atoms with E-state index in [1.54, 1.807) is 6.07 Å². The second-order valence-electron chi connectivity index (χ2n) is 2.40. The fraction of sp³-hybridized carbons (Fsp3) is 0.250. The van der Waals surface area contributed by atoms with Gasteiger partial charge in [-0.3, -0.25) is 0 Å². The summed E-state index contributed by atoms with van der Waals surface area (Å²) >= 11 is 3.10. The molecule has 0 heterocycles. The minimum Gasteiger partial charge on any atom is -0.322 e. The normalized spacial score (nSPS) is 13.0. The zero-order chi connectivity index (χ0) is 9.14.